The van der Waals surface area contributed by atoms with Crippen molar-refractivity contribution in [2.24, 2.45) is 0 Å². The van der Waals surface area contributed by atoms with E-state index in [-0.39, 0.29) is 12.0 Å². The summed E-state index contributed by atoms with van der Waals surface area (Å²) in [6.07, 6.45) is -0.759. The first kappa shape index (κ1) is 13.6. The number of nitrogen functional groups attached to an aromatic ring is 1. The van der Waals surface area contributed by atoms with E-state index in [1.807, 2.05) is 18.2 Å². The molecule has 1 fully saturated rings. The average Bonchev–Trinajstić information content (AvgIpc) is 2.97. The second kappa shape index (κ2) is 5.21. The molecule has 2 aromatic rings. The number of benzene rings is 1. The number of hydrogen-bond acceptors (Lipinski definition) is 6. The summed E-state index contributed by atoms with van der Waals surface area (Å²) in [5.41, 5.74) is 7.22. The fourth-order valence-corrected chi connectivity index (χ4v) is 2.96. The maximum atomic E-state index is 11.9. The van der Waals surface area contributed by atoms with Crippen molar-refractivity contribution in [3.63, 3.8) is 0 Å². The van der Waals surface area contributed by atoms with Gasteiger partial charge in [-0.25, -0.2) is 9.78 Å². The van der Waals surface area contributed by atoms with Crippen molar-refractivity contribution >= 4 is 44.4 Å². The molecule has 1 aromatic carbocycles. The molecule has 3 N–H and O–H groups in total. The Morgan fingerprint density at radius 3 is 3.19 bits per heavy atom. The molecule has 0 spiro atoms. The maximum absolute atomic E-state index is 11.9. The first-order valence-corrected chi connectivity index (χ1v) is 7.23. The van der Waals surface area contributed by atoms with Gasteiger partial charge in [-0.05, 0) is 18.2 Å². The number of rotatable bonds is 3. The molecule has 110 valence electrons. The van der Waals surface area contributed by atoms with E-state index in [0.717, 1.165) is 15.9 Å². The number of anilines is 2. The molecule has 0 aliphatic carbocycles. The number of aromatic nitrogens is 1. The van der Waals surface area contributed by atoms with Crippen LogP contribution in [-0.2, 0) is 9.53 Å². The molecule has 1 aliphatic rings. The van der Waals surface area contributed by atoms with E-state index in [1.54, 1.807) is 4.90 Å². The molecule has 3 rings (SSSR count). The Morgan fingerprint density at radius 2 is 2.43 bits per heavy atom. The van der Waals surface area contributed by atoms with Crippen molar-refractivity contribution in [3.8, 4) is 0 Å². The molecule has 0 unspecified atom stereocenters. The lowest BCUT2D eigenvalue weighted by molar-refractivity contribution is -0.119. The molecule has 0 bridgehead atoms. The van der Waals surface area contributed by atoms with Gasteiger partial charge in [-0.3, -0.25) is 9.69 Å². The Morgan fingerprint density at radius 1 is 1.62 bits per heavy atom. The molecule has 1 atom stereocenters. The first-order valence-electron chi connectivity index (χ1n) is 6.41. The number of nitrogens with zero attached hydrogens (tertiary/aromatic N) is 2. The summed E-state index contributed by atoms with van der Waals surface area (Å²) in [6.45, 7) is 2.14. The summed E-state index contributed by atoms with van der Waals surface area (Å²) >= 11 is 1.37. The van der Waals surface area contributed by atoms with Crippen LogP contribution >= 0.6 is 11.3 Å². The number of hydrogen-bond donors (Lipinski definition) is 2. The third-order valence-electron chi connectivity index (χ3n) is 3.15. The van der Waals surface area contributed by atoms with Crippen molar-refractivity contribution in [3.05, 3.63) is 18.2 Å². The zero-order chi connectivity index (χ0) is 15.0. The molecule has 8 heteroatoms. The van der Waals surface area contributed by atoms with Crippen LogP contribution in [0.3, 0.4) is 0 Å². The summed E-state index contributed by atoms with van der Waals surface area (Å²) < 4.78 is 6.15. The number of carbonyl (C=O) groups excluding carboxylic acids is 2. The lowest BCUT2D eigenvalue weighted by Crippen LogP contribution is -2.33. The molecule has 0 saturated carbocycles. The normalized spacial score (nSPS) is 18.0. The van der Waals surface area contributed by atoms with Gasteiger partial charge in [-0.2, -0.15) is 0 Å². The van der Waals surface area contributed by atoms with Crippen LogP contribution in [0, 0.1) is 0 Å². The van der Waals surface area contributed by atoms with Gasteiger partial charge >= 0.3 is 6.09 Å². The molecule has 1 aliphatic heterocycles. The van der Waals surface area contributed by atoms with E-state index in [2.05, 4.69) is 10.3 Å². The van der Waals surface area contributed by atoms with Crippen LogP contribution in [0.5, 0.6) is 0 Å². The standard InChI is InChI=1S/C13H14N4O3S/c1-7(18)15-5-9-6-17(13(19)20-9)8-2-3-10-11(4-8)21-12(14)16-10/h2-4,9H,5-6H2,1H3,(H2,14,16)(H,15,18)/t9-/m0/s1. The number of carbonyl (C=O) groups is 2. The smallest absolute Gasteiger partial charge is 0.414 e. The number of thiazole rings is 1. The second-order valence-corrected chi connectivity index (χ2v) is 5.82. The van der Waals surface area contributed by atoms with Crippen LogP contribution in [0.4, 0.5) is 15.6 Å². The fraction of sp³-hybridized carbons (Fsp3) is 0.308. The molecular weight excluding hydrogens is 292 g/mol. The van der Waals surface area contributed by atoms with Crippen LogP contribution in [0.2, 0.25) is 0 Å². The van der Waals surface area contributed by atoms with Crippen molar-refractivity contribution in [2.45, 2.75) is 13.0 Å². The Labute approximate surface area is 124 Å². The summed E-state index contributed by atoms with van der Waals surface area (Å²) in [5.74, 6) is -0.147. The molecule has 0 radical (unpaired) electrons. The van der Waals surface area contributed by atoms with Gasteiger partial charge in [-0.1, -0.05) is 11.3 Å². The van der Waals surface area contributed by atoms with Crippen molar-refractivity contribution < 1.29 is 14.3 Å². The fourth-order valence-electron chi connectivity index (χ4n) is 2.20. The SMILES string of the molecule is CC(=O)NC[C@H]1CN(c2ccc3nc(N)sc3c2)C(=O)O1. The minimum absolute atomic E-state index is 0.147. The van der Waals surface area contributed by atoms with Gasteiger partial charge in [0.05, 0.1) is 23.3 Å². The Kier molecular flexibility index (Phi) is 3.38. The third-order valence-corrected chi connectivity index (χ3v) is 4.00. The quantitative estimate of drug-likeness (QED) is 0.892. The Balaban J connectivity index is 1.78. The highest BCUT2D eigenvalue weighted by Crippen LogP contribution is 2.30. The van der Waals surface area contributed by atoms with Crippen molar-refractivity contribution in [2.75, 3.05) is 23.7 Å². The monoisotopic (exact) mass is 306 g/mol. The van der Waals surface area contributed by atoms with Gasteiger partial charge in [0.25, 0.3) is 0 Å². The molecule has 7 nitrogen and oxygen atoms in total. The zero-order valence-electron chi connectivity index (χ0n) is 11.3. The molecule has 1 saturated heterocycles. The van der Waals surface area contributed by atoms with Crippen LogP contribution in [0.25, 0.3) is 10.2 Å². The number of cyclic esters (lactones) is 1. The largest absolute Gasteiger partial charge is 0.442 e. The van der Waals surface area contributed by atoms with Crippen LogP contribution in [-0.4, -0.2) is 36.2 Å². The topological polar surface area (TPSA) is 97.5 Å². The van der Waals surface area contributed by atoms with E-state index >= 15 is 0 Å². The predicted molar refractivity (Wildman–Crippen MR) is 80.3 cm³/mol. The van der Waals surface area contributed by atoms with Gasteiger partial charge < -0.3 is 15.8 Å². The van der Waals surface area contributed by atoms with E-state index in [1.165, 1.54) is 18.3 Å². The van der Waals surface area contributed by atoms with Gasteiger partial charge in [0.2, 0.25) is 5.91 Å². The number of nitrogens with two attached hydrogens (primary N) is 1. The number of nitrogens with one attached hydrogen (secondary N) is 1. The summed E-state index contributed by atoms with van der Waals surface area (Å²) in [7, 11) is 0. The van der Waals surface area contributed by atoms with Gasteiger partial charge in [0, 0.05) is 12.6 Å². The average molecular weight is 306 g/mol. The van der Waals surface area contributed by atoms with Crippen molar-refractivity contribution in [1.29, 1.82) is 0 Å². The zero-order valence-corrected chi connectivity index (χ0v) is 12.1. The maximum Gasteiger partial charge on any atom is 0.414 e. The lowest BCUT2D eigenvalue weighted by atomic mass is 10.2. The first-order chi connectivity index (χ1) is 10.0. The third kappa shape index (κ3) is 2.75. The number of fused-ring (bicyclic) bond motifs is 1. The Hall–Kier alpha value is -2.35. The Bertz CT molecular complexity index is 715. The summed E-state index contributed by atoms with van der Waals surface area (Å²) in [4.78, 5) is 28.5. The van der Waals surface area contributed by atoms with Crippen LogP contribution in [0.1, 0.15) is 6.92 Å². The molecular formula is C13H14N4O3S. The van der Waals surface area contributed by atoms with E-state index in [4.69, 9.17) is 10.5 Å². The summed E-state index contributed by atoms with van der Waals surface area (Å²) in [6, 6.07) is 5.50. The lowest BCUT2D eigenvalue weighted by Gasteiger charge is -2.12. The van der Waals surface area contributed by atoms with E-state index < -0.39 is 6.09 Å². The number of amides is 2. The van der Waals surface area contributed by atoms with E-state index in [0.29, 0.717) is 18.2 Å². The molecule has 21 heavy (non-hydrogen) atoms. The van der Waals surface area contributed by atoms with Crippen molar-refractivity contribution in [1.82, 2.24) is 10.3 Å². The van der Waals surface area contributed by atoms with Gasteiger partial charge in [-0.15, -0.1) is 0 Å². The minimum Gasteiger partial charge on any atom is -0.442 e. The highest BCUT2D eigenvalue weighted by atomic mass is 32.1. The van der Waals surface area contributed by atoms with Crippen LogP contribution < -0.4 is 16.0 Å². The number of ether oxygens (including phenoxy) is 1. The highest BCUT2D eigenvalue weighted by Gasteiger charge is 2.32. The van der Waals surface area contributed by atoms with Crippen LogP contribution in [0.15, 0.2) is 18.2 Å². The second-order valence-electron chi connectivity index (χ2n) is 4.76. The highest BCUT2D eigenvalue weighted by molar-refractivity contribution is 7.22. The molecule has 2 heterocycles. The minimum atomic E-state index is -0.415. The molecule has 1 aromatic heterocycles. The summed E-state index contributed by atoms with van der Waals surface area (Å²) in [5, 5.41) is 3.14. The van der Waals surface area contributed by atoms with Gasteiger partial charge in [0.1, 0.15) is 6.10 Å². The van der Waals surface area contributed by atoms with E-state index in [9.17, 15) is 9.59 Å². The van der Waals surface area contributed by atoms with Gasteiger partial charge in [0.15, 0.2) is 5.13 Å². The molecule has 2 amide bonds. The predicted octanol–water partition coefficient (Wildman–Crippen LogP) is 1.34.